The molecule has 43 heavy (non-hydrogen) atoms. The van der Waals surface area contributed by atoms with Crippen molar-refractivity contribution in [1.29, 1.82) is 0 Å². The van der Waals surface area contributed by atoms with Crippen LogP contribution in [0.3, 0.4) is 0 Å². The monoisotopic (exact) mass is 617 g/mol. The third kappa shape index (κ3) is 7.57. The SMILES string of the molecule is O=C(O)Nc1cc(COC(=O)Nc2ccc(N(CCCl)CCCl)cc2)cc(Nc2c3ccccc3nc3ccccc23)c1. The van der Waals surface area contributed by atoms with E-state index in [1.54, 1.807) is 30.3 Å². The van der Waals surface area contributed by atoms with Crippen LogP contribution in [0, 0.1) is 0 Å². The maximum atomic E-state index is 12.6. The van der Waals surface area contributed by atoms with Gasteiger partial charge in [0.25, 0.3) is 0 Å². The minimum Gasteiger partial charge on any atom is -0.465 e. The summed E-state index contributed by atoms with van der Waals surface area (Å²) >= 11 is 11.8. The third-order valence-electron chi connectivity index (χ3n) is 6.66. The second-order valence-electron chi connectivity index (χ2n) is 9.61. The smallest absolute Gasteiger partial charge is 0.411 e. The Morgan fingerprint density at radius 3 is 1.98 bits per heavy atom. The summed E-state index contributed by atoms with van der Waals surface area (Å²) in [7, 11) is 0. The Morgan fingerprint density at radius 2 is 1.37 bits per heavy atom. The van der Waals surface area contributed by atoms with Crippen LogP contribution < -0.4 is 20.9 Å². The molecule has 2 amide bonds. The van der Waals surface area contributed by atoms with Crippen molar-refractivity contribution >= 4 is 85.6 Å². The van der Waals surface area contributed by atoms with E-state index in [0.717, 1.165) is 33.2 Å². The summed E-state index contributed by atoms with van der Waals surface area (Å²) in [6, 6.07) is 28.0. The largest absolute Gasteiger partial charge is 0.465 e. The molecule has 4 N–H and O–H groups in total. The number of anilines is 5. The molecule has 0 unspecified atom stereocenters. The Kier molecular flexibility index (Phi) is 9.66. The van der Waals surface area contributed by atoms with Crippen molar-refractivity contribution in [2.45, 2.75) is 6.61 Å². The molecule has 0 fully saturated rings. The minimum atomic E-state index is -1.21. The lowest BCUT2D eigenvalue weighted by Crippen LogP contribution is -2.27. The Hall–Kier alpha value is -4.73. The van der Waals surface area contributed by atoms with Gasteiger partial charge in [-0.2, -0.15) is 0 Å². The second-order valence-corrected chi connectivity index (χ2v) is 10.4. The van der Waals surface area contributed by atoms with Crippen molar-refractivity contribution in [2.75, 3.05) is 45.7 Å². The molecule has 5 aromatic rings. The van der Waals surface area contributed by atoms with Gasteiger partial charge in [0.2, 0.25) is 0 Å². The van der Waals surface area contributed by atoms with Gasteiger partial charge < -0.3 is 20.1 Å². The van der Waals surface area contributed by atoms with Crippen molar-refractivity contribution in [1.82, 2.24) is 4.98 Å². The van der Waals surface area contributed by atoms with E-state index < -0.39 is 12.2 Å². The third-order valence-corrected chi connectivity index (χ3v) is 7.00. The fraction of sp³-hybridized carbons (Fsp3) is 0.156. The molecule has 0 bridgehead atoms. The number of carboxylic acid groups (broad SMARTS) is 1. The fourth-order valence-electron chi connectivity index (χ4n) is 4.79. The summed E-state index contributed by atoms with van der Waals surface area (Å²) in [4.78, 5) is 30.9. The van der Waals surface area contributed by atoms with Crippen molar-refractivity contribution < 1.29 is 19.4 Å². The zero-order valence-electron chi connectivity index (χ0n) is 23.0. The number of para-hydroxylation sites is 2. The van der Waals surface area contributed by atoms with Gasteiger partial charge in [-0.1, -0.05) is 36.4 Å². The van der Waals surface area contributed by atoms with E-state index in [2.05, 4.69) is 20.9 Å². The molecule has 0 saturated heterocycles. The van der Waals surface area contributed by atoms with Crippen LogP contribution >= 0.6 is 23.2 Å². The average molecular weight is 619 g/mol. The number of carbonyl (C=O) groups excluding carboxylic acids is 1. The van der Waals surface area contributed by atoms with Crippen molar-refractivity contribution in [3.63, 3.8) is 0 Å². The lowest BCUT2D eigenvalue weighted by Gasteiger charge is -2.23. The molecular formula is C32H29Cl2N5O4. The minimum absolute atomic E-state index is 0.0925. The quantitative estimate of drug-likeness (QED) is 0.0870. The molecule has 4 aromatic carbocycles. The average Bonchev–Trinajstić information content (AvgIpc) is 3.00. The van der Waals surface area contributed by atoms with E-state index in [0.29, 0.717) is 47.5 Å². The number of pyridine rings is 1. The molecule has 1 aromatic heterocycles. The summed E-state index contributed by atoms with van der Waals surface area (Å²) < 4.78 is 5.48. The predicted octanol–water partition coefficient (Wildman–Crippen LogP) is 8.25. The van der Waals surface area contributed by atoms with Crippen LogP contribution in [0.4, 0.5) is 38.0 Å². The molecule has 1 heterocycles. The molecule has 0 spiro atoms. The number of halogens is 2. The fourth-order valence-corrected chi connectivity index (χ4v) is 5.20. The molecule has 0 saturated carbocycles. The Morgan fingerprint density at radius 1 is 0.767 bits per heavy atom. The van der Waals surface area contributed by atoms with Gasteiger partial charge in [-0.15, -0.1) is 23.2 Å². The highest BCUT2D eigenvalue weighted by Gasteiger charge is 2.13. The van der Waals surface area contributed by atoms with Gasteiger partial charge in [0.1, 0.15) is 6.61 Å². The molecule has 5 rings (SSSR count). The summed E-state index contributed by atoms with van der Waals surface area (Å²) in [5, 5.41) is 19.8. The Labute approximate surface area is 258 Å². The number of nitrogens with one attached hydrogen (secondary N) is 3. The standard InChI is InChI=1S/C32H29Cl2N5O4/c33-13-15-39(16-14-34)25-11-9-22(10-12-25)37-32(42)43-20-21-17-23(19-24(18-21)36-31(40)41)35-30-26-5-1-3-7-28(26)38-29-8-4-2-6-27(29)30/h1-12,17-19,36H,13-16,20H2,(H,35,38)(H,37,42)(H,40,41). The number of alkyl halides is 2. The van der Waals surface area contributed by atoms with Crippen LogP contribution in [0.2, 0.25) is 0 Å². The lowest BCUT2D eigenvalue weighted by molar-refractivity contribution is 0.155. The van der Waals surface area contributed by atoms with Crippen LogP contribution in [0.1, 0.15) is 5.56 Å². The Balaban J connectivity index is 1.34. The molecule has 0 radical (unpaired) electrons. The molecule has 0 atom stereocenters. The summed E-state index contributed by atoms with van der Waals surface area (Å²) in [6.45, 7) is 1.22. The van der Waals surface area contributed by atoms with Gasteiger partial charge in [-0.3, -0.25) is 10.6 Å². The van der Waals surface area contributed by atoms with Gasteiger partial charge in [-0.25, -0.2) is 14.6 Å². The van der Waals surface area contributed by atoms with Crippen LogP contribution in [0.15, 0.2) is 91.0 Å². The number of hydrogen-bond donors (Lipinski definition) is 4. The number of carbonyl (C=O) groups is 2. The zero-order chi connectivity index (χ0) is 30.2. The van der Waals surface area contributed by atoms with E-state index in [1.807, 2.05) is 60.7 Å². The number of benzene rings is 4. The molecule has 0 aliphatic rings. The topological polar surface area (TPSA) is 116 Å². The van der Waals surface area contributed by atoms with Crippen molar-refractivity contribution in [2.24, 2.45) is 0 Å². The highest BCUT2D eigenvalue weighted by atomic mass is 35.5. The highest BCUT2D eigenvalue weighted by molar-refractivity contribution is 6.18. The second kappa shape index (κ2) is 14.0. The number of hydrogen-bond acceptors (Lipinski definition) is 6. The van der Waals surface area contributed by atoms with Gasteiger partial charge >= 0.3 is 12.2 Å². The van der Waals surface area contributed by atoms with Gasteiger partial charge in [0, 0.05) is 58.4 Å². The summed E-state index contributed by atoms with van der Waals surface area (Å²) in [5.74, 6) is 0.943. The Bertz CT molecular complexity index is 1690. The van der Waals surface area contributed by atoms with E-state index >= 15 is 0 Å². The number of aromatic nitrogens is 1. The number of fused-ring (bicyclic) bond motifs is 2. The van der Waals surface area contributed by atoms with E-state index in [-0.39, 0.29) is 6.61 Å². The van der Waals surface area contributed by atoms with Crippen molar-refractivity contribution in [3.8, 4) is 0 Å². The van der Waals surface area contributed by atoms with Gasteiger partial charge in [0.15, 0.2) is 0 Å². The molecule has 220 valence electrons. The van der Waals surface area contributed by atoms with E-state index in [4.69, 9.17) is 32.9 Å². The molecule has 0 aliphatic carbocycles. The maximum Gasteiger partial charge on any atom is 0.411 e. The number of amides is 2. The number of nitrogens with zero attached hydrogens (tertiary/aromatic N) is 2. The first-order chi connectivity index (χ1) is 20.9. The molecule has 0 aliphatic heterocycles. The molecule has 9 nitrogen and oxygen atoms in total. The maximum absolute atomic E-state index is 12.6. The van der Waals surface area contributed by atoms with E-state index in [9.17, 15) is 14.7 Å². The first kappa shape index (κ1) is 29.8. The van der Waals surface area contributed by atoms with Crippen LogP contribution in [-0.4, -0.2) is 47.1 Å². The number of rotatable bonds is 11. The first-order valence-corrected chi connectivity index (χ1v) is 14.6. The van der Waals surface area contributed by atoms with Crippen molar-refractivity contribution in [3.05, 3.63) is 96.6 Å². The van der Waals surface area contributed by atoms with E-state index in [1.165, 1.54) is 0 Å². The lowest BCUT2D eigenvalue weighted by atomic mass is 10.1. The summed E-state index contributed by atoms with van der Waals surface area (Å²) in [6.07, 6.45) is -1.86. The zero-order valence-corrected chi connectivity index (χ0v) is 24.5. The molecular weight excluding hydrogens is 589 g/mol. The normalized spacial score (nSPS) is 10.8. The first-order valence-electron chi connectivity index (χ1n) is 13.5. The predicted molar refractivity (Wildman–Crippen MR) is 175 cm³/mol. The summed E-state index contributed by atoms with van der Waals surface area (Å²) in [5.41, 5.74) is 5.50. The van der Waals surface area contributed by atoms with Gasteiger partial charge in [-0.05, 0) is 60.2 Å². The molecule has 11 heteroatoms. The van der Waals surface area contributed by atoms with Crippen LogP contribution in [0.25, 0.3) is 21.8 Å². The number of ether oxygens (including phenoxy) is 1. The highest BCUT2D eigenvalue weighted by Crippen LogP contribution is 2.34. The van der Waals surface area contributed by atoms with Crippen LogP contribution in [-0.2, 0) is 11.3 Å². The van der Waals surface area contributed by atoms with Crippen LogP contribution in [0.5, 0.6) is 0 Å². The van der Waals surface area contributed by atoms with Gasteiger partial charge in [0.05, 0.1) is 16.7 Å².